The third kappa shape index (κ3) is 4.58. The summed E-state index contributed by atoms with van der Waals surface area (Å²) in [6.45, 7) is 6.51. The molecule has 2 aromatic carbocycles. The second-order valence-electron chi connectivity index (χ2n) is 8.93. The van der Waals surface area contributed by atoms with Crippen LogP contribution in [0.5, 0.6) is 17.2 Å². The Morgan fingerprint density at radius 3 is 2.66 bits per heavy atom. The molecule has 0 fully saturated rings. The van der Waals surface area contributed by atoms with Gasteiger partial charge in [0.1, 0.15) is 17.1 Å². The molecule has 1 aliphatic rings. The molecule has 2 heterocycles. The second kappa shape index (κ2) is 10.4. The maximum atomic E-state index is 13.3. The topological polar surface area (TPSA) is 108 Å². The van der Waals surface area contributed by atoms with Crippen LogP contribution in [-0.2, 0) is 0 Å². The SMILES string of the molecule is CCCCCOc1ccc(C2c3c(-c4cc(C)cc(C)c4O)n[nH]c3C(=O)N2CCO)cc1OC. The summed E-state index contributed by atoms with van der Waals surface area (Å²) >= 11 is 0. The fraction of sp³-hybridized carbons (Fsp3) is 0.407. The van der Waals surface area contributed by atoms with Crippen LogP contribution >= 0.6 is 0 Å². The van der Waals surface area contributed by atoms with Crippen molar-refractivity contribution < 1.29 is 24.5 Å². The average Bonchev–Trinajstić information content (AvgIpc) is 3.38. The summed E-state index contributed by atoms with van der Waals surface area (Å²) in [4.78, 5) is 14.9. The van der Waals surface area contributed by atoms with Gasteiger partial charge in [0, 0.05) is 17.7 Å². The molecular formula is C27H33N3O5. The first kappa shape index (κ1) is 24.6. The van der Waals surface area contributed by atoms with Crippen molar-refractivity contribution in [3.63, 3.8) is 0 Å². The Kier molecular flexibility index (Phi) is 7.31. The number of nitrogens with zero attached hydrogens (tertiary/aromatic N) is 2. The molecule has 1 aliphatic heterocycles. The van der Waals surface area contributed by atoms with Crippen LogP contribution in [0.15, 0.2) is 30.3 Å². The van der Waals surface area contributed by atoms with Crippen molar-refractivity contribution in [2.24, 2.45) is 0 Å². The fourth-order valence-electron chi connectivity index (χ4n) is 4.74. The number of aliphatic hydroxyl groups excluding tert-OH is 1. The Morgan fingerprint density at radius 1 is 1.14 bits per heavy atom. The number of ether oxygens (including phenoxy) is 2. The van der Waals surface area contributed by atoms with Crippen molar-refractivity contribution in [1.82, 2.24) is 15.1 Å². The van der Waals surface area contributed by atoms with Crippen LogP contribution < -0.4 is 9.47 Å². The highest BCUT2D eigenvalue weighted by molar-refractivity contribution is 6.00. The number of phenols is 1. The van der Waals surface area contributed by atoms with E-state index in [1.807, 2.05) is 44.2 Å². The van der Waals surface area contributed by atoms with Crippen LogP contribution in [0.3, 0.4) is 0 Å². The molecule has 0 bridgehead atoms. The number of phenolic OH excluding ortho intramolecular Hbond substituents is 1. The lowest BCUT2D eigenvalue weighted by molar-refractivity contribution is 0.0706. The number of aliphatic hydroxyl groups is 1. The number of aromatic hydroxyl groups is 1. The molecule has 1 aromatic heterocycles. The maximum Gasteiger partial charge on any atom is 0.273 e. The van der Waals surface area contributed by atoms with Gasteiger partial charge in [-0.2, -0.15) is 5.10 Å². The first-order valence-electron chi connectivity index (χ1n) is 12.0. The smallest absolute Gasteiger partial charge is 0.273 e. The summed E-state index contributed by atoms with van der Waals surface area (Å²) in [7, 11) is 1.59. The number of hydrogen-bond donors (Lipinski definition) is 3. The molecule has 8 heteroatoms. The predicted octanol–water partition coefficient (Wildman–Crippen LogP) is 4.51. The molecule has 0 radical (unpaired) electrons. The maximum absolute atomic E-state index is 13.3. The molecule has 0 spiro atoms. The van der Waals surface area contributed by atoms with Gasteiger partial charge in [0.2, 0.25) is 0 Å². The van der Waals surface area contributed by atoms with Gasteiger partial charge < -0.3 is 24.6 Å². The molecule has 1 atom stereocenters. The van der Waals surface area contributed by atoms with Crippen LogP contribution in [0.2, 0.25) is 0 Å². The number of H-pyrrole nitrogens is 1. The van der Waals surface area contributed by atoms with Gasteiger partial charge in [0.15, 0.2) is 11.5 Å². The van der Waals surface area contributed by atoms with Gasteiger partial charge >= 0.3 is 0 Å². The third-order valence-electron chi connectivity index (χ3n) is 6.41. The van der Waals surface area contributed by atoms with E-state index in [-0.39, 0.29) is 24.8 Å². The Bertz CT molecular complexity index is 1220. The molecule has 8 nitrogen and oxygen atoms in total. The minimum atomic E-state index is -0.512. The van der Waals surface area contributed by atoms with Crippen molar-refractivity contribution in [2.45, 2.75) is 46.1 Å². The number of aryl methyl sites for hydroxylation is 2. The summed E-state index contributed by atoms with van der Waals surface area (Å²) in [5.74, 6) is 1.10. The van der Waals surface area contributed by atoms with Crippen LogP contribution in [0.4, 0.5) is 0 Å². The number of aromatic nitrogens is 2. The number of carbonyl (C=O) groups is 1. The molecule has 3 N–H and O–H groups in total. The summed E-state index contributed by atoms with van der Waals surface area (Å²) < 4.78 is 11.6. The van der Waals surface area contributed by atoms with Gasteiger partial charge in [-0.05, 0) is 55.2 Å². The van der Waals surface area contributed by atoms with Gasteiger partial charge in [-0.25, -0.2) is 0 Å². The minimum Gasteiger partial charge on any atom is -0.507 e. The number of rotatable bonds is 10. The van der Waals surface area contributed by atoms with E-state index in [2.05, 4.69) is 17.1 Å². The Labute approximate surface area is 205 Å². The van der Waals surface area contributed by atoms with E-state index < -0.39 is 6.04 Å². The number of nitrogens with one attached hydrogen (secondary N) is 1. The van der Waals surface area contributed by atoms with Crippen molar-refractivity contribution in [3.05, 3.63) is 58.3 Å². The predicted molar refractivity (Wildman–Crippen MR) is 133 cm³/mol. The zero-order valence-corrected chi connectivity index (χ0v) is 20.7. The molecule has 0 saturated heterocycles. The molecule has 4 rings (SSSR count). The highest BCUT2D eigenvalue weighted by atomic mass is 16.5. The van der Waals surface area contributed by atoms with Gasteiger partial charge in [-0.3, -0.25) is 9.89 Å². The fourth-order valence-corrected chi connectivity index (χ4v) is 4.74. The summed E-state index contributed by atoms with van der Waals surface area (Å²) in [6, 6.07) is 8.88. The van der Waals surface area contributed by atoms with Crippen molar-refractivity contribution in [3.8, 4) is 28.5 Å². The zero-order chi connectivity index (χ0) is 25.1. The zero-order valence-electron chi connectivity index (χ0n) is 20.7. The number of β-amino-alcohol motifs (C(OH)–C–C–N with tert-alkyl or cyclic N) is 1. The van der Waals surface area contributed by atoms with Crippen LogP contribution in [-0.4, -0.2) is 58.1 Å². The van der Waals surface area contributed by atoms with E-state index in [4.69, 9.17) is 9.47 Å². The quantitative estimate of drug-likeness (QED) is 0.369. The van der Waals surface area contributed by atoms with Gasteiger partial charge in [-0.1, -0.05) is 31.9 Å². The average molecular weight is 480 g/mol. The normalized spacial score (nSPS) is 14.9. The molecule has 0 aliphatic carbocycles. The minimum absolute atomic E-state index is 0.130. The van der Waals surface area contributed by atoms with Gasteiger partial charge in [0.25, 0.3) is 5.91 Å². The molecular weight excluding hydrogens is 446 g/mol. The van der Waals surface area contributed by atoms with Crippen LogP contribution in [0.1, 0.15) is 65.0 Å². The second-order valence-corrected chi connectivity index (χ2v) is 8.93. The van der Waals surface area contributed by atoms with E-state index in [0.717, 1.165) is 36.0 Å². The molecule has 1 unspecified atom stereocenters. The molecule has 0 saturated carbocycles. The Balaban J connectivity index is 1.80. The Hall–Kier alpha value is -3.52. The number of fused-ring (bicyclic) bond motifs is 1. The van der Waals surface area contributed by atoms with E-state index in [0.29, 0.717) is 40.6 Å². The largest absolute Gasteiger partial charge is 0.507 e. The summed E-state index contributed by atoms with van der Waals surface area (Å²) in [5, 5.41) is 27.9. The third-order valence-corrected chi connectivity index (χ3v) is 6.41. The number of aromatic amines is 1. The highest BCUT2D eigenvalue weighted by Gasteiger charge is 2.42. The number of carbonyl (C=O) groups excluding carboxylic acids is 1. The molecule has 3 aromatic rings. The first-order chi connectivity index (χ1) is 16.9. The lowest BCUT2D eigenvalue weighted by atomic mass is 9.94. The molecule has 35 heavy (non-hydrogen) atoms. The van der Waals surface area contributed by atoms with Gasteiger partial charge in [0.05, 0.1) is 26.4 Å². The number of benzene rings is 2. The van der Waals surface area contributed by atoms with Gasteiger partial charge in [-0.15, -0.1) is 0 Å². The Morgan fingerprint density at radius 2 is 1.94 bits per heavy atom. The van der Waals surface area contributed by atoms with Crippen molar-refractivity contribution >= 4 is 5.91 Å². The van der Waals surface area contributed by atoms with E-state index in [1.165, 1.54) is 0 Å². The monoisotopic (exact) mass is 479 g/mol. The number of hydrogen-bond acceptors (Lipinski definition) is 6. The summed E-state index contributed by atoms with van der Waals surface area (Å²) in [5.41, 5.74) is 4.61. The standard InChI is InChI=1S/C27H33N3O5/c1-5-6-7-12-35-20-9-8-18(15-21(20)34-4)25-22-23(19-14-16(2)13-17(3)26(19)32)28-29-24(22)27(33)30(25)10-11-31/h8-9,13-15,25,31-32H,5-7,10-12H2,1-4H3,(H,28,29). The highest BCUT2D eigenvalue weighted by Crippen LogP contribution is 2.46. The lowest BCUT2D eigenvalue weighted by Crippen LogP contribution is -2.32. The number of methoxy groups -OCH3 is 1. The first-order valence-corrected chi connectivity index (χ1v) is 12.0. The number of amides is 1. The van der Waals surface area contributed by atoms with Crippen molar-refractivity contribution in [1.29, 1.82) is 0 Å². The van der Waals surface area contributed by atoms with Crippen molar-refractivity contribution in [2.75, 3.05) is 26.9 Å². The van der Waals surface area contributed by atoms with E-state index in [1.54, 1.807) is 12.0 Å². The van der Waals surface area contributed by atoms with E-state index >= 15 is 0 Å². The molecule has 1 amide bonds. The lowest BCUT2D eigenvalue weighted by Gasteiger charge is -2.26. The summed E-state index contributed by atoms with van der Waals surface area (Å²) in [6.07, 6.45) is 3.17. The van der Waals surface area contributed by atoms with E-state index in [9.17, 15) is 15.0 Å². The van der Waals surface area contributed by atoms with Crippen LogP contribution in [0.25, 0.3) is 11.3 Å². The molecule has 186 valence electrons. The number of unbranched alkanes of at least 4 members (excludes halogenated alkanes) is 2. The van der Waals surface area contributed by atoms with Crippen LogP contribution in [0, 0.1) is 13.8 Å².